The smallest absolute Gasteiger partial charge is 1.00 e. The van der Waals surface area contributed by atoms with Crippen LogP contribution in [0.15, 0.2) is 32.1 Å². The molecule has 0 saturated carbocycles. The molecule has 0 aromatic carbocycles. The number of nitrogens with zero attached hydrogens (tertiary/aromatic N) is 2. The van der Waals surface area contributed by atoms with E-state index < -0.39 is 23.2 Å². The van der Waals surface area contributed by atoms with E-state index in [0.717, 1.165) is 0 Å². The standard InChI is InChI=1S/2C3H3AsN.2ClH.Zr/c2*1-2-5-3-4-1;;;/h2*1-2,4H;2*1H;/q;;;;+2/p-2. The average Bonchev–Trinajstić information content (AvgIpc) is 2.60. The van der Waals surface area contributed by atoms with Crippen LogP contribution in [0.2, 0.25) is 0 Å². The van der Waals surface area contributed by atoms with Gasteiger partial charge < -0.3 is 24.8 Å². The van der Waals surface area contributed by atoms with E-state index in [9.17, 15) is 0 Å². The van der Waals surface area contributed by atoms with E-state index in [1.165, 1.54) is 0 Å². The SMILES string of the molecule is C1=C[AsH][C]([Zr+2][C]2=NC=C[AsH]2)=N1.[Cl-].[Cl-]. The predicted molar refractivity (Wildman–Crippen MR) is 47.4 cm³/mol. The molecule has 2 heterocycles. The van der Waals surface area contributed by atoms with Crippen LogP contribution in [0.25, 0.3) is 0 Å². The maximum atomic E-state index is 4.38. The van der Waals surface area contributed by atoms with Gasteiger partial charge in [-0.3, -0.25) is 0 Å². The second kappa shape index (κ2) is 7.66. The minimum Gasteiger partial charge on any atom is -1.00 e. The number of hydrogen-bond donors (Lipinski definition) is 0. The first-order valence-corrected chi connectivity index (χ1v) is 10.2. The number of rotatable bonds is 2. The van der Waals surface area contributed by atoms with Crippen LogP contribution in [-0.2, 0) is 23.2 Å². The van der Waals surface area contributed by atoms with E-state index >= 15 is 0 Å². The van der Waals surface area contributed by atoms with E-state index in [1.807, 2.05) is 12.4 Å². The van der Waals surface area contributed by atoms with Gasteiger partial charge in [0, 0.05) is 0 Å². The zero-order chi connectivity index (χ0) is 7.52. The summed E-state index contributed by atoms with van der Waals surface area (Å²) >= 11 is -0.237. The van der Waals surface area contributed by atoms with Crippen molar-refractivity contribution in [2.45, 2.75) is 0 Å². The van der Waals surface area contributed by atoms with Crippen LogP contribution >= 0.6 is 0 Å². The van der Waals surface area contributed by atoms with Crippen molar-refractivity contribution in [3.63, 3.8) is 0 Å². The van der Waals surface area contributed by atoms with Crippen LogP contribution in [0.3, 0.4) is 0 Å². The van der Waals surface area contributed by atoms with Gasteiger partial charge in [-0.1, -0.05) is 0 Å². The van der Waals surface area contributed by atoms with Crippen molar-refractivity contribution >= 4 is 35.9 Å². The van der Waals surface area contributed by atoms with Gasteiger partial charge in [-0.15, -0.1) is 0 Å². The molecule has 0 aliphatic carbocycles. The van der Waals surface area contributed by atoms with Gasteiger partial charge in [0.1, 0.15) is 0 Å². The maximum absolute atomic E-state index is 4.38. The first-order valence-electron chi connectivity index (χ1n) is 3.21. The van der Waals surface area contributed by atoms with E-state index in [1.54, 1.807) is 4.41 Å². The summed E-state index contributed by atoms with van der Waals surface area (Å²) in [6, 6.07) is 0. The molecule has 0 spiro atoms. The van der Waals surface area contributed by atoms with Crippen molar-refractivity contribution in [3.05, 3.63) is 22.1 Å². The number of halogens is 2. The summed E-state index contributed by atoms with van der Waals surface area (Å²) in [6.45, 7) is 0. The fourth-order valence-corrected chi connectivity index (χ4v) is 14.4. The molecular weight excluding hydrogens is 412 g/mol. The first kappa shape index (κ1) is 14.4. The van der Waals surface area contributed by atoms with Crippen LogP contribution in [-0.4, -0.2) is 35.9 Å². The molecule has 13 heavy (non-hydrogen) atoms. The summed E-state index contributed by atoms with van der Waals surface area (Å²) in [5.74, 6) is 0. The molecular formula is C6H6As2Cl2N2Zr. The molecule has 0 fully saturated rings. The molecule has 0 aromatic heterocycles. The zero-order valence-corrected chi connectivity index (χ0v) is 14.6. The second-order valence-electron chi connectivity index (χ2n) is 2.00. The van der Waals surface area contributed by atoms with E-state index in [-0.39, 0.29) is 56.3 Å². The van der Waals surface area contributed by atoms with Gasteiger partial charge in [-0.2, -0.15) is 0 Å². The Hall–Kier alpha value is 1.40. The van der Waals surface area contributed by atoms with Crippen LogP contribution in [0.1, 0.15) is 0 Å². The molecule has 0 amide bonds. The van der Waals surface area contributed by atoms with Crippen LogP contribution in [0.5, 0.6) is 0 Å². The molecule has 2 nitrogen and oxygen atoms in total. The minimum absolute atomic E-state index is 0. The minimum atomic E-state index is -0.423. The first-order chi connectivity index (χ1) is 5.45. The predicted octanol–water partition coefficient (Wildman–Crippen LogP) is -6.37. The van der Waals surface area contributed by atoms with Crippen molar-refractivity contribution in [2.75, 3.05) is 0 Å². The Kier molecular flexibility index (Phi) is 8.49. The summed E-state index contributed by atoms with van der Waals surface area (Å²) < 4.78 is 3.14. The van der Waals surface area contributed by atoms with Crippen molar-refractivity contribution in [2.24, 2.45) is 9.98 Å². The fraction of sp³-hybridized carbons (Fsp3) is 0. The third-order valence-electron chi connectivity index (χ3n) is 1.23. The molecule has 2 aliphatic heterocycles. The van der Waals surface area contributed by atoms with Gasteiger partial charge in [0.15, 0.2) is 0 Å². The summed E-state index contributed by atoms with van der Waals surface area (Å²) in [5.41, 5.74) is 0. The van der Waals surface area contributed by atoms with E-state index in [4.69, 9.17) is 0 Å². The Labute approximate surface area is 115 Å². The summed E-state index contributed by atoms with van der Waals surface area (Å²) in [4.78, 5) is 13.3. The van der Waals surface area contributed by atoms with Gasteiger partial charge in [-0.05, 0) is 0 Å². The van der Waals surface area contributed by atoms with Gasteiger partial charge in [0.05, 0.1) is 0 Å². The molecule has 0 bridgehead atoms. The summed E-state index contributed by atoms with van der Waals surface area (Å²) in [5, 5.41) is 0. The average molecular weight is 418 g/mol. The van der Waals surface area contributed by atoms with E-state index in [2.05, 4.69) is 19.7 Å². The largest absolute Gasteiger partial charge is 1.00 e. The Morgan fingerprint density at radius 1 is 0.923 bits per heavy atom. The molecule has 2 unspecified atom stereocenters. The third kappa shape index (κ3) is 4.63. The van der Waals surface area contributed by atoms with Crippen molar-refractivity contribution in [3.8, 4) is 0 Å². The molecule has 2 aliphatic rings. The maximum Gasteiger partial charge on any atom is -1.00 e. The van der Waals surface area contributed by atoms with Crippen molar-refractivity contribution in [1.29, 1.82) is 0 Å². The molecule has 68 valence electrons. The molecule has 2 rings (SSSR count). The molecule has 2 atom stereocenters. The fourth-order valence-electron chi connectivity index (χ4n) is 0.779. The van der Waals surface area contributed by atoms with Gasteiger partial charge in [-0.25, -0.2) is 0 Å². The molecule has 0 N–H and O–H groups in total. The Balaban J connectivity index is 0.000000720. The molecule has 0 aromatic rings. The monoisotopic (exact) mass is 416 g/mol. The van der Waals surface area contributed by atoms with Crippen LogP contribution in [0.4, 0.5) is 0 Å². The van der Waals surface area contributed by atoms with Gasteiger partial charge >= 0.3 is 91.3 Å². The number of hydrogen-bond acceptors (Lipinski definition) is 2. The third-order valence-corrected chi connectivity index (χ3v) is 12.8. The quantitative estimate of drug-likeness (QED) is 0.399. The zero-order valence-electron chi connectivity index (χ0n) is 6.46. The van der Waals surface area contributed by atoms with Gasteiger partial charge in [0.2, 0.25) is 0 Å². The molecule has 7 heteroatoms. The van der Waals surface area contributed by atoms with Gasteiger partial charge in [0.25, 0.3) is 0 Å². The normalized spacial score (nSPS) is 20.6. The topological polar surface area (TPSA) is 24.7 Å². The Bertz CT molecular complexity index is 260. The second-order valence-corrected chi connectivity index (χ2v) is 14.7. The van der Waals surface area contributed by atoms with E-state index in [0.29, 0.717) is 0 Å². The molecule has 0 radical (unpaired) electrons. The Morgan fingerprint density at radius 2 is 1.38 bits per heavy atom. The summed E-state index contributed by atoms with van der Waals surface area (Å²) in [6.07, 6.45) is 3.97. The summed E-state index contributed by atoms with van der Waals surface area (Å²) in [7, 11) is 0. The Morgan fingerprint density at radius 3 is 1.69 bits per heavy atom. The van der Waals surface area contributed by atoms with Crippen LogP contribution < -0.4 is 24.8 Å². The van der Waals surface area contributed by atoms with Crippen molar-refractivity contribution in [1.82, 2.24) is 0 Å². The number of aliphatic imine (C=N–C) groups is 2. The van der Waals surface area contributed by atoms with Crippen LogP contribution in [0, 0.1) is 0 Å². The van der Waals surface area contributed by atoms with Crippen molar-refractivity contribution < 1.29 is 48.0 Å². The molecule has 0 saturated heterocycles.